The molecular weight excluding hydrogens is 486 g/mol. The Hall–Kier alpha value is -3.90. The number of ketones is 2. The number of anilines is 1. The van der Waals surface area contributed by atoms with E-state index < -0.39 is 69.8 Å². The van der Waals surface area contributed by atoms with E-state index in [4.69, 9.17) is 10.5 Å². The molecule has 4 rings (SSSR count). The molecule has 4 atom stereocenters. The third-order valence-electron chi connectivity index (χ3n) is 7.58. The standard InChI is InChI=1S/C25H29N3O9/c1-27(2)13-8-11(24(35)37-5)18(29)15-10(13)6-9-7-12-17(28(3)4)20(31)16(23(26)34)22(33)25(12,36)21(32)14(9)19(15)30/h8-9,12,17,29-30,33,36H,6-7H2,1-5H3,(H2,26,34)/t9-,12-,17-,25-/m1/s1. The Labute approximate surface area is 212 Å². The molecule has 0 bridgehead atoms. The van der Waals surface area contributed by atoms with Gasteiger partial charge in [-0.2, -0.15) is 0 Å². The van der Waals surface area contributed by atoms with Crippen LogP contribution in [0.25, 0.3) is 5.76 Å². The number of nitrogens with two attached hydrogens (primary N) is 1. The molecule has 0 heterocycles. The molecule has 37 heavy (non-hydrogen) atoms. The molecule has 1 aromatic carbocycles. The Bertz CT molecular complexity index is 1330. The molecule has 6 N–H and O–H groups in total. The SMILES string of the molecule is COC(=O)c1cc(N(C)C)c2c(c1O)C(O)=C1C(=O)[C@@]3(O)C(O)=C(C(N)=O)C(=O)[C@H](N(C)C)[C@H]3C[C@H]1C2. The summed E-state index contributed by atoms with van der Waals surface area (Å²) in [5.41, 5.74) is 1.91. The summed E-state index contributed by atoms with van der Waals surface area (Å²) >= 11 is 0. The van der Waals surface area contributed by atoms with E-state index in [1.54, 1.807) is 19.0 Å². The summed E-state index contributed by atoms with van der Waals surface area (Å²) in [7, 11) is 7.59. The predicted octanol–water partition coefficient (Wildman–Crippen LogP) is -0.183. The van der Waals surface area contributed by atoms with Gasteiger partial charge in [0.25, 0.3) is 5.91 Å². The molecule has 198 valence electrons. The molecule has 0 radical (unpaired) electrons. The molecule has 0 unspecified atom stereocenters. The maximum absolute atomic E-state index is 13.9. The molecule has 3 aliphatic rings. The maximum Gasteiger partial charge on any atom is 0.341 e. The van der Waals surface area contributed by atoms with Gasteiger partial charge in [0.15, 0.2) is 11.4 Å². The lowest BCUT2D eigenvalue weighted by molar-refractivity contribution is -0.153. The number of benzene rings is 1. The number of aliphatic hydroxyl groups is 3. The fraction of sp³-hybridized carbons (Fsp3) is 0.440. The van der Waals surface area contributed by atoms with Gasteiger partial charge in [-0.15, -0.1) is 0 Å². The van der Waals surface area contributed by atoms with E-state index in [1.165, 1.54) is 25.1 Å². The second-order valence-corrected chi connectivity index (χ2v) is 9.99. The molecule has 3 aliphatic carbocycles. The highest BCUT2D eigenvalue weighted by Gasteiger charge is 2.64. The van der Waals surface area contributed by atoms with E-state index in [9.17, 15) is 39.6 Å². The van der Waals surface area contributed by atoms with Crippen molar-refractivity contribution in [3.05, 3.63) is 39.7 Å². The summed E-state index contributed by atoms with van der Waals surface area (Å²) in [5.74, 6) is -8.46. The topological polar surface area (TPSA) is 191 Å². The van der Waals surface area contributed by atoms with E-state index in [-0.39, 0.29) is 29.5 Å². The van der Waals surface area contributed by atoms with E-state index in [1.807, 2.05) is 0 Å². The fourth-order valence-corrected chi connectivity index (χ4v) is 5.96. The molecule has 1 aromatic rings. The van der Waals surface area contributed by atoms with Gasteiger partial charge in [0.1, 0.15) is 28.4 Å². The first-order chi connectivity index (χ1) is 17.2. The highest BCUT2D eigenvalue weighted by atomic mass is 16.5. The average Bonchev–Trinajstić information content (AvgIpc) is 2.80. The molecule has 12 nitrogen and oxygen atoms in total. The normalized spacial score (nSPS) is 27.1. The van der Waals surface area contributed by atoms with E-state index in [2.05, 4.69) is 0 Å². The van der Waals surface area contributed by atoms with Gasteiger partial charge in [-0.1, -0.05) is 0 Å². The van der Waals surface area contributed by atoms with Gasteiger partial charge in [0.2, 0.25) is 5.78 Å². The van der Waals surface area contributed by atoms with E-state index in [0.29, 0.717) is 11.3 Å². The van der Waals surface area contributed by atoms with Gasteiger partial charge in [0.05, 0.1) is 18.7 Å². The number of methoxy groups -OCH3 is 1. The van der Waals surface area contributed by atoms with Crippen molar-refractivity contribution in [2.75, 3.05) is 40.2 Å². The van der Waals surface area contributed by atoms with Gasteiger partial charge < -0.3 is 35.8 Å². The van der Waals surface area contributed by atoms with Crippen molar-refractivity contribution < 1.29 is 44.3 Å². The van der Waals surface area contributed by atoms with Crippen molar-refractivity contribution in [3.8, 4) is 5.75 Å². The van der Waals surface area contributed by atoms with Crippen molar-refractivity contribution >= 4 is 34.9 Å². The first-order valence-electron chi connectivity index (χ1n) is 11.5. The van der Waals surface area contributed by atoms with Gasteiger partial charge >= 0.3 is 5.97 Å². The number of ether oxygens (including phenoxy) is 1. The molecule has 12 heteroatoms. The number of nitrogens with zero attached hydrogens (tertiary/aromatic N) is 2. The van der Waals surface area contributed by atoms with Crippen LogP contribution in [-0.4, -0.2) is 95.7 Å². The summed E-state index contributed by atoms with van der Waals surface area (Å²) < 4.78 is 4.74. The number of carbonyl (C=O) groups is 4. The Kier molecular flexibility index (Phi) is 6.08. The number of hydrogen-bond donors (Lipinski definition) is 5. The minimum absolute atomic E-state index is 0.0296. The smallest absolute Gasteiger partial charge is 0.341 e. The van der Waals surface area contributed by atoms with Gasteiger partial charge in [-0.05, 0) is 44.5 Å². The molecule has 0 aromatic heterocycles. The highest BCUT2D eigenvalue weighted by molar-refractivity contribution is 6.24. The number of fused-ring (bicyclic) bond motifs is 3. The lowest BCUT2D eigenvalue weighted by Gasteiger charge is -2.50. The number of aliphatic hydroxyl groups excluding tert-OH is 2. The van der Waals surface area contributed by atoms with E-state index in [0.717, 1.165) is 7.11 Å². The van der Waals surface area contributed by atoms with Crippen LogP contribution in [0, 0.1) is 11.8 Å². The second kappa shape index (κ2) is 8.60. The highest BCUT2D eigenvalue weighted by Crippen LogP contribution is 2.54. The maximum atomic E-state index is 13.9. The Morgan fingerprint density at radius 1 is 1.14 bits per heavy atom. The Morgan fingerprint density at radius 3 is 2.27 bits per heavy atom. The molecule has 0 aliphatic heterocycles. The van der Waals surface area contributed by atoms with Crippen LogP contribution >= 0.6 is 0 Å². The fourth-order valence-electron chi connectivity index (χ4n) is 5.96. The number of carbonyl (C=O) groups excluding carboxylic acids is 4. The molecule has 0 spiro atoms. The largest absolute Gasteiger partial charge is 0.508 e. The summed E-state index contributed by atoms with van der Waals surface area (Å²) in [4.78, 5) is 54.5. The summed E-state index contributed by atoms with van der Waals surface area (Å²) in [5, 5.41) is 44.8. The number of phenolic OH excluding ortho intramolecular Hbond substituents is 1. The van der Waals surface area contributed by atoms with Gasteiger partial charge in [0, 0.05) is 31.3 Å². The lowest BCUT2D eigenvalue weighted by atomic mass is 9.57. The van der Waals surface area contributed by atoms with Crippen LogP contribution in [0.1, 0.15) is 27.9 Å². The van der Waals surface area contributed by atoms with Crippen molar-refractivity contribution in [2.45, 2.75) is 24.5 Å². The first kappa shape index (κ1) is 26.2. The molecule has 1 fully saturated rings. The van der Waals surface area contributed by atoms with Crippen molar-refractivity contribution in [3.63, 3.8) is 0 Å². The number of Topliss-reactive ketones (excluding diaryl/α,β-unsaturated/α-hetero) is 2. The third-order valence-corrected chi connectivity index (χ3v) is 7.58. The van der Waals surface area contributed by atoms with Crippen LogP contribution in [0.15, 0.2) is 23.0 Å². The molecule has 1 saturated carbocycles. The predicted molar refractivity (Wildman–Crippen MR) is 130 cm³/mol. The lowest BCUT2D eigenvalue weighted by Crippen LogP contribution is -2.65. The van der Waals surface area contributed by atoms with Crippen LogP contribution in [0.2, 0.25) is 0 Å². The summed E-state index contributed by atoms with van der Waals surface area (Å²) in [6.07, 6.45) is 0.0786. The Morgan fingerprint density at radius 2 is 1.76 bits per heavy atom. The monoisotopic (exact) mass is 515 g/mol. The summed E-state index contributed by atoms with van der Waals surface area (Å²) in [6.45, 7) is 0. The van der Waals surface area contributed by atoms with Crippen LogP contribution in [0.4, 0.5) is 5.69 Å². The average molecular weight is 516 g/mol. The molecule has 0 saturated heterocycles. The molecule has 1 amide bonds. The minimum atomic E-state index is -2.73. The number of amides is 1. The zero-order valence-corrected chi connectivity index (χ0v) is 21.0. The minimum Gasteiger partial charge on any atom is -0.508 e. The number of aromatic hydroxyl groups is 1. The number of esters is 1. The Balaban J connectivity index is 2.02. The van der Waals surface area contributed by atoms with Crippen molar-refractivity contribution in [1.82, 2.24) is 4.90 Å². The molecular formula is C25H29N3O9. The quantitative estimate of drug-likeness (QED) is 0.264. The number of likely N-dealkylation sites (N-methyl/N-ethyl adjacent to an activating group) is 1. The van der Waals surface area contributed by atoms with Crippen molar-refractivity contribution in [1.29, 1.82) is 0 Å². The zero-order chi connectivity index (χ0) is 27.7. The third kappa shape index (κ3) is 3.43. The van der Waals surface area contributed by atoms with E-state index >= 15 is 0 Å². The number of phenols is 1. The number of rotatable bonds is 4. The van der Waals surface area contributed by atoms with Crippen molar-refractivity contribution in [2.24, 2.45) is 17.6 Å². The number of hydrogen-bond acceptors (Lipinski definition) is 11. The van der Waals surface area contributed by atoms with Gasteiger partial charge in [-0.3, -0.25) is 19.3 Å². The van der Waals surface area contributed by atoms with Gasteiger partial charge in [-0.25, -0.2) is 4.79 Å². The van der Waals surface area contributed by atoms with Crippen LogP contribution in [0.5, 0.6) is 5.75 Å². The second-order valence-electron chi connectivity index (χ2n) is 9.99. The summed E-state index contributed by atoms with van der Waals surface area (Å²) in [6, 6.07) is 0.251. The van der Waals surface area contributed by atoms with Crippen LogP contribution in [-0.2, 0) is 25.5 Å². The van der Waals surface area contributed by atoms with Crippen LogP contribution in [0.3, 0.4) is 0 Å². The zero-order valence-electron chi connectivity index (χ0n) is 21.0. The number of primary amides is 1. The van der Waals surface area contributed by atoms with Crippen LogP contribution < -0.4 is 10.6 Å². The first-order valence-corrected chi connectivity index (χ1v) is 11.5.